The van der Waals surface area contributed by atoms with Gasteiger partial charge in [0.05, 0.1) is 24.0 Å². The number of carbonyl (C=O) groups excluding carboxylic acids is 1. The number of halogens is 1. The van der Waals surface area contributed by atoms with Gasteiger partial charge in [-0.1, -0.05) is 23.7 Å². The third kappa shape index (κ3) is 6.00. The van der Waals surface area contributed by atoms with Gasteiger partial charge in [-0.3, -0.25) is 9.69 Å². The molecule has 0 unspecified atom stereocenters. The number of rotatable bonds is 9. The predicted molar refractivity (Wildman–Crippen MR) is 149 cm³/mol. The Kier molecular flexibility index (Phi) is 7.95. The van der Waals surface area contributed by atoms with Gasteiger partial charge in [0.15, 0.2) is 12.3 Å². The van der Waals surface area contributed by atoms with Crippen LogP contribution in [0, 0.1) is 0 Å². The number of hydrogen-bond acceptors (Lipinski definition) is 7. The number of aromatic nitrogens is 3. The van der Waals surface area contributed by atoms with E-state index < -0.39 is 0 Å². The van der Waals surface area contributed by atoms with Crippen LogP contribution in [0.5, 0.6) is 11.5 Å². The van der Waals surface area contributed by atoms with Crippen molar-refractivity contribution in [3.63, 3.8) is 0 Å². The molecule has 0 aliphatic carbocycles. The number of methoxy groups -OCH3 is 1. The van der Waals surface area contributed by atoms with Gasteiger partial charge in [-0.25, -0.2) is 9.97 Å². The summed E-state index contributed by atoms with van der Waals surface area (Å²) in [7, 11) is 3.27. The summed E-state index contributed by atoms with van der Waals surface area (Å²) in [4.78, 5) is 26.4. The van der Waals surface area contributed by atoms with E-state index in [1.807, 2.05) is 36.4 Å². The molecule has 1 aliphatic rings. The van der Waals surface area contributed by atoms with Crippen molar-refractivity contribution in [1.29, 1.82) is 0 Å². The number of H-pyrrole nitrogens is 1. The zero-order valence-corrected chi connectivity index (χ0v) is 22.2. The van der Waals surface area contributed by atoms with Crippen LogP contribution in [-0.4, -0.2) is 65.7 Å². The molecule has 38 heavy (non-hydrogen) atoms. The van der Waals surface area contributed by atoms with Crippen molar-refractivity contribution in [2.24, 2.45) is 0 Å². The third-order valence-corrected chi connectivity index (χ3v) is 7.01. The van der Waals surface area contributed by atoms with Gasteiger partial charge in [-0.05, 0) is 54.8 Å². The second-order valence-electron chi connectivity index (χ2n) is 9.30. The van der Waals surface area contributed by atoms with Crippen LogP contribution in [0.4, 0.5) is 5.69 Å². The highest BCUT2D eigenvalue weighted by molar-refractivity contribution is 6.34. The maximum Gasteiger partial charge on any atom is 0.257 e. The lowest BCUT2D eigenvalue weighted by molar-refractivity contribution is -0.122. The molecule has 3 N–H and O–H groups in total. The van der Waals surface area contributed by atoms with E-state index in [1.54, 1.807) is 20.4 Å². The highest BCUT2D eigenvalue weighted by atomic mass is 35.5. The zero-order valence-electron chi connectivity index (χ0n) is 21.5. The fourth-order valence-corrected chi connectivity index (χ4v) is 4.81. The molecule has 1 aliphatic heterocycles. The monoisotopic (exact) mass is 534 g/mol. The van der Waals surface area contributed by atoms with Crippen molar-refractivity contribution in [3.05, 3.63) is 65.3 Å². The molecule has 1 saturated heterocycles. The minimum atomic E-state index is -0.183. The lowest BCUT2D eigenvalue weighted by atomic mass is 10.0. The molecule has 5 rings (SSSR count). The first-order valence-corrected chi connectivity index (χ1v) is 13.0. The summed E-state index contributed by atoms with van der Waals surface area (Å²) >= 11 is 6.59. The van der Waals surface area contributed by atoms with Gasteiger partial charge in [0.25, 0.3) is 5.91 Å². The quantitative estimate of drug-likeness (QED) is 0.290. The Morgan fingerprint density at radius 1 is 1.16 bits per heavy atom. The van der Waals surface area contributed by atoms with Crippen molar-refractivity contribution in [1.82, 2.24) is 25.2 Å². The van der Waals surface area contributed by atoms with Crippen molar-refractivity contribution in [3.8, 4) is 22.9 Å². The highest BCUT2D eigenvalue weighted by Gasteiger charge is 2.22. The van der Waals surface area contributed by atoms with Crippen molar-refractivity contribution >= 4 is 34.4 Å². The van der Waals surface area contributed by atoms with Crippen LogP contribution < -0.4 is 20.1 Å². The number of ether oxygens (including phenoxy) is 2. The number of fused-ring (bicyclic) bond motifs is 1. The first-order valence-electron chi connectivity index (χ1n) is 12.6. The molecule has 0 saturated carbocycles. The molecule has 1 amide bonds. The van der Waals surface area contributed by atoms with Crippen LogP contribution in [0.2, 0.25) is 5.02 Å². The number of carbonyl (C=O) groups is 1. The van der Waals surface area contributed by atoms with Gasteiger partial charge in [0.1, 0.15) is 22.8 Å². The molecule has 198 valence electrons. The van der Waals surface area contributed by atoms with Crippen molar-refractivity contribution in [2.45, 2.75) is 25.4 Å². The van der Waals surface area contributed by atoms with Crippen molar-refractivity contribution in [2.75, 3.05) is 39.2 Å². The first-order chi connectivity index (χ1) is 18.5. The van der Waals surface area contributed by atoms with Gasteiger partial charge < -0.3 is 25.1 Å². The highest BCUT2D eigenvalue weighted by Crippen LogP contribution is 2.32. The molecule has 0 radical (unpaired) electrons. The number of hydrogen-bond donors (Lipinski definition) is 3. The Labute approximate surface area is 226 Å². The predicted octanol–water partition coefficient (Wildman–Crippen LogP) is 4.49. The molecular weight excluding hydrogens is 504 g/mol. The number of pyridine rings is 1. The van der Waals surface area contributed by atoms with E-state index >= 15 is 0 Å². The molecule has 2 aromatic carbocycles. The van der Waals surface area contributed by atoms with E-state index in [0.29, 0.717) is 28.3 Å². The van der Waals surface area contributed by atoms with Gasteiger partial charge in [-0.2, -0.15) is 0 Å². The maximum absolute atomic E-state index is 11.4. The molecule has 0 spiro atoms. The standard InChI is InChI=1S/C28H31ClN6O3/c1-30-24(36)17-38-21-8-6-19(7-9-21)27-33-26-25(23(29)15-31-28(26)34-27)32-20-10-12-35(13-11-20)16-18-4-3-5-22(14-18)37-2/h3-9,14-15,20H,10-13,16-17H2,1-2H3,(H,30,36)(H2,31,32,33,34). The third-order valence-electron chi connectivity index (χ3n) is 6.73. The molecule has 10 heteroatoms. The summed E-state index contributed by atoms with van der Waals surface area (Å²) in [5, 5.41) is 6.75. The Balaban J connectivity index is 1.24. The number of aromatic amines is 1. The van der Waals surface area contributed by atoms with E-state index in [4.69, 9.17) is 21.1 Å². The minimum absolute atomic E-state index is 0.0299. The smallest absolute Gasteiger partial charge is 0.257 e. The van der Waals surface area contributed by atoms with Gasteiger partial charge in [0.2, 0.25) is 0 Å². The van der Waals surface area contributed by atoms with E-state index in [0.717, 1.165) is 55.0 Å². The molecule has 0 atom stereocenters. The number of piperidine rings is 1. The number of imidazole rings is 1. The number of amides is 1. The van der Waals surface area contributed by atoms with Crippen LogP contribution in [0.25, 0.3) is 22.6 Å². The van der Waals surface area contributed by atoms with Crippen LogP contribution in [0.15, 0.2) is 54.7 Å². The Morgan fingerprint density at radius 3 is 2.68 bits per heavy atom. The molecule has 3 heterocycles. The van der Waals surface area contributed by atoms with Crippen LogP contribution in [-0.2, 0) is 11.3 Å². The average Bonchev–Trinajstić information content (AvgIpc) is 3.39. The van der Waals surface area contributed by atoms with E-state index in [1.165, 1.54) is 5.56 Å². The van der Waals surface area contributed by atoms with E-state index in [-0.39, 0.29) is 12.5 Å². The number of likely N-dealkylation sites (tertiary alicyclic amines) is 1. The summed E-state index contributed by atoms with van der Waals surface area (Å²) in [5.74, 6) is 2.00. The summed E-state index contributed by atoms with van der Waals surface area (Å²) < 4.78 is 10.8. The lowest BCUT2D eigenvalue weighted by Gasteiger charge is -2.33. The topological polar surface area (TPSA) is 104 Å². The lowest BCUT2D eigenvalue weighted by Crippen LogP contribution is -2.38. The summed E-state index contributed by atoms with van der Waals surface area (Å²) in [6.07, 6.45) is 3.65. The molecule has 2 aromatic heterocycles. The van der Waals surface area contributed by atoms with Crippen molar-refractivity contribution < 1.29 is 14.3 Å². The Bertz CT molecular complexity index is 1400. The normalized spacial score (nSPS) is 14.4. The summed E-state index contributed by atoms with van der Waals surface area (Å²) in [5.41, 5.74) is 4.34. The number of likely N-dealkylation sites (N-methyl/N-ethyl adjacent to an activating group) is 1. The summed E-state index contributed by atoms with van der Waals surface area (Å²) in [6, 6.07) is 15.9. The minimum Gasteiger partial charge on any atom is -0.497 e. The molecule has 0 bridgehead atoms. The molecule has 1 fully saturated rings. The number of anilines is 1. The largest absolute Gasteiger partial charge is 0.497 e. The average molecular weight is 535 g/mol. The maximum atomic E-state index is 11.4. The molecular formula is C28H31ClN6O3. The Morgan fingerprint density at radius 2 is 1.95 bits per heavy atom. The van der Waals surface area contributed by atoms with Crippen LogP contribution in [0.1, 0.15) is 18.4 Å². The fraction of sp³-hybridized carbons (Fsp3) is 0.321. The number of nitrogens with zero attached hydrogens (tertiary/aromatic N) is 3. The second kappa shape index (κ2) is 11.7. The molecule has 4 aromatic rings. The zero-order chi connectivity index (χ0) is 26.5. The Hall–Kier alpha value is -3.82. The van der Waals surface area contributed by atoms with E-state index in [2.05, 4.69) is 42.6 Å². The van der Waals surface area contributed by atoms with Gasteiger partial charge in [-0.15, -0.1) is 0 Å². The van der Waals surface area contributed by atoms with Crippen LogP contribution in [0.3, 0.4) is 0 Å². The summed E-state index contributed by atoms with van der Waals surface area (Å²) in [6.45, 7) is 2.86. The molecule has 9 nitrogen and oxygen atoms in total. The van der Waals surface area contributed by atoms with Crippen LogP contribution >= 0.6 is 11.6 Å². The second-order valence-corrected chi connectivity index (χ2v) is 9.70. The number of nitrogens with one attached hydrogen (secondary N) is 3. The number of benzene rings is 2. The first kappa shape index (κ1) is 25.8. The van der Waals surface area contributed by atoms with Gasteiger partial charge >= 0.3 is 0 Å². The van der Waals surface area contributed by atoms with Gasteiger partial charge in [0, 0.05) is 38.3 Å². The fourth-order valence-electron chi connectivity index (χ4n) is 4.61. The van der Waals surface area contributed by atoms with E-state index in [9.17, 15) is 4.79 Å². The SMILES string of the molecule is CNC(=O)COc1ccc(-c2nc3ncc(Cl)c(NC4CCN(Cc5cccc(OC)c5)CC4)c3[nH]2)cc1.